The lowest BCUT2D eigenvalue weighted by Crippen LogP contribution is -2.16. The number of nitrogens with zero attached hydrogens (tertiary/aromatic N) is 2. The summed E-state index contributed by atoms with van der Waals surface area (Å²) in [7, 11) is 1.66. The summed E-state index contributed by atoms with van der Waals surface area (Å²) in [5.74, 6) is 2.07. The van der Waals surface area contributed by atoms with Gasteiger partial charge in [-0.3, -0.25) is 0 Å². The second-order valence-corrected chi connectivity index (χ2v) is 9.79. The molecule has 1 aliphatic rings. The van der Waals surface area contributed by atoms with Crippen LogP contribution in [0.2, 0.25) is 0 Å². The van der Waals surface area contributed by atoms with E-state index in [1.165, 1.54) is 12.1 Å². The molecule has 0 unspecified atom stereocenters. The minimum atomic E-state index is -0.280. The highest BCUT2D eigenvalue weighted by Gasteiger charge is 2.28. The number of para-hydroxylation sites is 4. The Morgan fingerprint density at radius 2 is 1.32 bits per heavy atom. The average Bonchev–Trinajstić information content (AvgIpc) is 3.00. The molecule has 0 amide bonds. The number of benzene rings is 5. The summed E-state index contributed by atoms with van der Waals surface area (Å²) in [6.45, 7) is 2.11. The number of methoxy groups -OCH3 is 1. The fraction of sp³-hybridized carbons (Fsp3) is 0.0571. The van der Waals surface area contributed by atoms with Gasteiger partial charge in [0.2, 0.25) is 0 Å². The van der Waals surface area contributed by atoms with Crippen LogP contribution in [0.25, 0.3) is 33.3 Å². The summed E-state index contributed by atoms with van der Waals surface area (Å²) in [5, 5.41) is 1.05. The fourth-order valence-corrected chi connectivity index (χ4v) is 5.41. The molecule has 0 radical (unpaired) electrons. The van der Waals surface area contributed by atoms with Crippen molar-refractivity contribution in [2.24, 2.45) is 0 Å². The Hall–Kier alpha value is -5.16. The van der Waals surface area contributed by atoms with Gasteiger partial charge < -0.3 is 14.4 Å². The Labute approximate surface area is 231 Å². The van der Waals surface area contributed by atoms with Crippen molar-refractivity contribution in [1.29, 1.82) is 0 Å². The molecule has 5 aromatic carbocycles. The maximum atomic E-state index is 13.9. The van der Waals surface area contributed by atoms with E-state index in [1.807, 2.05) is 48.5 Å². The summed E-state index contributed by atoms with van der Waals surface area (Å²) in [5.41, 5.74) is 8.45. The lowest BCUT2D eigenvalue weighted by atomic mass is 9.94. The molecule has 0 bridgehead atoms. The zero-order valence-electron chi connectivity index (χ0n) is 22.1. The van der Waals surface area contributed by atoms with Crippen molar-refractivity contribution in [3.05, 3.63) is 127 Å². The van der Waals surface area contributed by atoms with E-state index >= 15 is 0 Å². The van der Waals surface area contributed by atoms with Crippen molar-refractivity contribution in [1.82, 2.24) is 4.98 Å². The summed E-state index contributed by atoms with van der Waals surface area (Å²) < 4.78 is 25.6. The van der Waals surface area contributed by atoms with Crippen molar-refractivity contribution in [3.8, 4) is 39.6 Å². The largest absolute Gasteiger partial charge is 0.497 e. The van der Waals surface area contributed by atoms with E-state index in [-0.39, 0.29) is 5.82 Å². The smallest absolute Gasteiger partial charge is 0.151 e. The van der Waals surface area contributed by atoms with Crippen LogP contribution in [0.5, 0.6) is 17.2 Å². The standard InChI is InChI=1S/C35H25FN2O2/c1-22-11-20-31(38-29-7-3-5-9-32(29)40-33-10-6-4-8-30(33)38)35-34(22)27(23-14-18-26(39-2)19-15-23)21-28(37-35)24-12-16-25(36)17-13-24/h3-21H,1-2H3. The van der Waals surface area contributed by atoms with Gasteiger partial charge in [0, 0.05) is 10.9 Å². The number of rotatable bonds is 4. The van der Waals surface area contributed by atoms with Crippen LogP contribution in [-0.4, -0.2) is 12.1 Å². The monoisotopic (exact) mass is 524 g/mol. The van der Waals surface area contributed by atoms with E-state index in [2.05, 4.69) is 54.3 Å². The topological polar surface area (TPSA) is 34.6 Å². The van der Waals surface area contributed by atoms with Gasteiger partial charge in [0.25, 0.3) is 0 Å². The van der Waals surface area contributed by atoms with Crippen LogP contribution in [0.3, 0.4) is 0 Å². The lowest BCUT2D eigenvalue weighted by molar-refractivity contribution is 0.415. The molecule has 194 valence electrons. The second kappa shape index (κ2) is 9.54. The van der Waals surface area contributed by atoms with Gasteiger partial charge in [-0.15, -0.1) is 0 Å². The predicted octanol–water partition coefficient (Wildman–Crippen LogP) is 9.60. The number of hydrogen-bond donors (Lipinski definition) is 0. The first-order valence-electron chi connectivity index (χ1n) is 13.1. The molecule has 1 aromatic heterocycles. The Morgan fingerprint density at radius 3 is 1.98 bits per heavy atom. The van der Waals surface area contributed by atoms with Crippen LogP contribution in [0.4, 0.5) is 21.5 Å². The highest BCUT2D eigenvalue weighted by molar-refractivity contribution is 6.07. The Bertz CT molecular complexity index is 1840. The van der Waals surface area contributed by atoms with Gasteiger partial charge in [-0.2, -0.15) is 0 Å². The van der Waals surface area contributed by atoms with Gasteiger partial charge in [-0.25, -0.2) is 9.37 Å². The SMILES string of the molecule is COc1ccc(-c2cc(-c3ccc(F)cc3)nc3c(N4c5ccccc5Oc5ccccc54)ccc(C)c23)cc1. The second-order valence-electron chi connectivity index (χ2n) is 9.79. The minimum absolute atomic E-state index is 0.280. The van der Waals surface area contributed by atoms with Gasteiger partial charge in [0.15, 0.2) is 11.5 Å². The molecular weight excluding hydrogens is 499 g/mol. The summed E-state index contributed by atoms with van der Waals surface area (Å²) in [4.78, 5) is 7.46. The highest BCUT2D eigenvalue weighted by Crippen LogP contribution is 2.52. The third-order valence-electron chi connectivity index (χ3n) is 7.36. The first-order chi connectivity index (χ1) is 19.6. The number of anilines is 3. The molecule has 0 saturated carbocycles. The number of fused-ring (bicyclic) bond motifs is 3. The molecule has 0 spiro atoms. The van der Waals surface area contributed by atoms with Gasteiger partial charge in [0.05, 0.1) is 35.4 Å². The number of aryl methyl sites for hydroxylation is 1. The summed E-state index contributed by atoms with van der Waals surface area (Å²) in [6.07, 6.45) is 0. The van der Waals surface area contributed by atoms with Crippen LogP contribution < -0.4 is 14.4 Å². The number of pyridine rings is 1. The van der Waals surface area contributed by atoms with Crippen LogP contribution in [0.1, 0.15) is 5.56 Å². The zero-order valence-corrected chi connectivity index (χ0v) is 22.1. The highest BCUT2D eigenvalue weighted by atomic mass is 19.1. The molecule has 6 aromatic rings. The quantitative estimate of drug-likeness (QED) is 0.230. The van der Waals surface area contributed by atoms with Crippen LogP contribution >= 0.6 is 0 Å². The maximum absolute atomic E-state index is 13.9. The molecular formula is C35H25FN2O2. The first-order valence-corrected chi connectivity index (χ1v) is 13.1. The van der Waals surface area contributed by atoms with Crippen LogP contribution in [-0.2, 0) is 0 Å². The van der Waals surface area contributed by atoms with Gasteiger partial charge in [-0.1, -0.05) is 42.5 Å². The van der Waals surface area contributed by atoms with E-state index in [9.17, 15) is 4.39 Å². The summed E-state index contributed by atoms with van der Waals surface area (Å²) in [6, 6.07) is 37.0. The summed E-state index contributed by atoms with van der Waals surface area (Å²) >= 11 is 0. The molecule has 0 aliphatic carbocycles. The molecule has 2 heterocycles. The lowest BCUT2D eigenvalue weighted by Gasteiger charge is -2.33. The number of ether oxygens (including phenoxy) is 2. The number of aromatic nitrogens is 1. The average molecular weight is 525 g/mol. The molecule has 0 fully saturated rings. The Balaban J connectivity index is 1.56. The molecule has 1 aliphatic heterocycles. The molecule has 40 heavy (non-hydrogen) atoms. The maximum Gasteiger partial charge on any atom is 0.151 e. The van der Waals surface area contributed by atoms with Crippen LogP contribution in [0, 0.1) is 12.7 Å². The minimum Gasteiger partial charge on any atom is -0.497 e. The number of halogens is 1. The molecule has 0 saturated heterocycles. The van der Waals surface area contributed by atoms with Crippen molar-refractivity contribution >= 4 is 28.0 Å². The molecule has 0 N–H and O–H groups in total. The van der Waals surface area contributed by atoms with E-state index in [1.54, 1.807) is 19.2 Å². The third-order valence-corrected chi connectivity index (χ3v) is 7.36. The van der Waals surface area contributed by atoms with E-state index < -0.39 is 0 Å². The third kappa shape index (κ3) is 3.95. The molecule has 4 nitrogen and oxygen atoms in total. The van der Waals surface area contributed by atoms with Gasteiger partial charge >= 0.3 is 0 Å². The Morgan fingerprint density at radius 1 is 0.700 bits per heavy atom. The zero-order chi connectivity index (χ0) is 27.2. The van der Waals surface area contributed by atoms with Crippen LogP contribution in [0.15, 0.2) is 115 Å². The van der Waals surface area contributed by atoms with Crippen molar-refractivity contribution < 1.29 is 13.9 Å². The molecule has 0 atom stereocenters. The van der Waals surface area contributed by atoms with Crippen molar-refractivity contribution in [2.45, 2.75) is 6.92 Å². The van der Waals surface area contributed by atoms with Crippen molar-refractivity contribution in [3.63, 3.8) is 0 Å². The van der Waals surface area contributed by atoms with Gasteiger partial charge in [-0.05, 0) is 96.4 Å². The van der Waals surface area contributed by atoms with E-state index in [4.69, 9.17) is 14.5 Å². The fourth-order valence-electron chi connectivity index (χ4n) is 5.41. The first kappa shape index (κ1) is 23.9. The molecule has 5 heteroatoms. The predicted molar refractivity (Wildman–Crippen MR) is 159 cm³/mol. The van der Waals surface area contributed by atoms with E-state index in [0.717, 1.165) is 73.2 Å². The Kier molecular flexibility index (Phi) is 5.71. The molecule has 7 rings (SSSR count). The van der Waals surface area contributed by atoms with Crippen molar-refractivity contribution in [2.75, 3.05) is 12.0 Å². The van der Waals surface area contributed by atoms with E-state index in [0.29, 0.717) is 0 Å². The van der Waals surface area contributed by atoms with Gasteiger partial charge in [0.1, 0.15) is 11.6 Å². The number of hydrogen-bond acceptors (Lipinski definition) is 4. The normalized spacial score (nSPS) is 12.0.